The summed E-state index contributed by atoms with van der Waals surface area (Å²) in [7, 11) is 3.45. The van der Waals surface area contributed by atoms with Crippen molar-refractivity contribution in [3.63, 3.8) is 0 Å². The van der Waals surface area contributed by atoms with Crippen molar-refractivity contribution in [2.45, 2.75) is 32.7 Å². The smallest absolute Gasteiger partial charge is 0.309 e. The van der Waals surface area contributed by atoms with Gasteiger partial charge in [0.25, 0.3) is 0 Å². The molecule has 100 valence electrons. The Balaban J connectivity index is 2.15. The summed E-state index contributed by atoms with van der Waals surface area (Å²) >= 11 is 0. The minimum atomic E-state index is -0.150. The van der Waals surface area contributed by atoms with Crippen molar-refractivity contribution in [1.29, 1.82) is 0 Å². The topological polar surface area (TPSA) is 38.8 Å². The van der Waals surface area contributed by atoms with Gasteiger partial charge in [0, 0.05) is 19.2 Å². The van der Waals surface area contributed by atoms with Crippen LogP contribution in [0.3, 0.4) is 0 Å². The summed E-state index contributed by atoms with van der Waals surface area (Å²) in [6.07, 6.45) is 2.65. The molecule has 0 amide bonds. The highest BCUT2D eigenvalue weighted by molar-refractivity contribution is 5.72. The molecule has 0 aromatic rings. The van der Waals surface area contributed by atoms with E-state index in [1.54, 1.807) is 0 Å². The lowest BCUT2D eigenvalue weighted by atomic mass is 10.0. The average Bonchev–Trinajstić information content (AvgIpc) is 3.15. The van der Waals surface area contributed by atoms with Crippen LogP contribution in [0.4, 0.5) is 0 Å². The van der Waals surface area contributed by atoms with Gasteiger partial charge in [-0.2, -0.15) is 0 Å². The molecule has 1 aliphatic carbocycles. The number of ether oxygens (including phenoxy) is 2. The molecular weight excluding hydrogens is 218 g/mol. The first-order valence-electron chi connectivity index (χ1n) is 6.42. The Morgan fingerprint density at radius 1 is 1.41 bits per heavy atom. The Morgan fingerprint density at radius 3 is 2.59 bits per heavy atom. The molecule has 1 saturated carbocycles. The summed E-state index contributed by atoms with van der Waals surface area (Å²) in [5.74, 6) is 0.559. The standard InChI is InChI=1S/C13H25NO3/c1-10(13(15)16-4)11(2)14(3)7-8-17-9-12-5-6-12/h10-12H,5-9H2,1-4H3. The van der Waals surface area contributed by atoms with Gasteiger partial charge in [-0.15, -0.1) is 0 Å². The zero-order chi connectivity index (χ0) is 12.8. The molecule has 4 heteroatoms. The molecular formula is C13H25NO3. The van der Waals surface area contributed by atoms with Crippen LogP contribution in [0.1, 0.15) is 26.7 Å². The predicted octanol–water partition coefficient (Wildman–Crippen LogP) is 1.54. The Bertz CT molecular complexity index is 241. The van der Waals surface area contributed by atoms with E-state index >= 15 is 0 Å². The maximum Gasteiger partial charge on any atom is 0.309 e. The molecule has 4 nitrogen and oxygen atoms in total. The molecule has 17 heavy (non-hydrogen) atoms. The molecule has 1 rings (SSSR count). The molecule has 0 saturated heterocycles. The number of hydrogen-bond donors (Lipinski definition) is 0. The van der Waals surface area contributed by atoms with E-state index in [0.717, 1.165) is 25.7 Å². The lowest BCUT2D eigenvalue weighted by molar-refractivity contribution is -0.146. The Morgan fingerprint density at radius 2 is 2.06 bits per heavy atom. The molecule has 0 bridgehead atoms. The largest absolute Gasteiger partial charge is 0.469 e. The highest BCUT2D eigenvalue weighted by atomic mass is 16.5. The van der Waals surface area contributed by atoms with Crippen molar-refractivity contribution < 1.29 is 14.3 Å². The van der Waals surface area contributed by atoms with Crippen LogP contribution >= 0.6 is 0 Å². The summed E-state index contributed by atoms with van der Waals surface area (Å²) < 4.78 is 10.3. The average molecular weight is 243 g/mol. The quantitative estimate of drug-likeness (QED) is 0.479. The molecule has 0 N–H and O–H groups in total. The maximum absolute atomic E-state index is 11.4. The van der Waals surface area contributed by atoms with Crippen LogP contribution in [-0.4, -0.2) is 50.8 Å². The van der Waals surface area contributed by atoms with Crippen molar-refractivity contribution in [1.82, 2.24) is 4.90 Å². The molecule has 0 aromatic carbocycles. The Kier molecular flexibility index (Phi) is 5.92. The fourth-order valence-electron chi connectivity index (χ4n) is 1.71. The van der Waals surface area contributed by atoms with Crippen LogP contribution in [0.5, 0.6) is 0 Å². The van der Waals surface area contributed by atoms with Crippen LogP contribution in [0.15, 0.2) is 0 Å². The number of methoxy groups -OCH3 is 1. The van der Waals surface area contributed by atoms with E-state index in [1.807, 2.05) is 20.9 Å². The van der Waals surface area contributed by atoms with E-state index in [2.05, 4.69) is 4.90 Å². The molecule has 2 unspecified atom stereocenters. The Labute approximate surface area is 104 Å². The fraction of sp³-hybridized carbons (Fsp3) is 0.923. The van der Waals surface area contributed by atoms with E-state index in [0.29, 0.717) is 0 Å². The number of likely N-dealkylation sites (N-methyl/N-ethyl adjacent to an activating group) is 1. The second-order valence-corrected chi connectivity index (χ2v) is 5.05. The molecule has 0 spiro atoms. The summed E-state index contributed by atoms with van der Waals surface area (Å²) in [5.41, 5.74) is 0. The first kappa shape index (κ1) is 14.5. The molecule has 0 aliphatic heterocycles. The minimum absolute atomic E-state index is 0.103. The summed E-state index contributed by atoms with van der Waals surface area (Å²) in [6, 6.07) is 0.173. The third kappa shape index (κ3) is 5.04. The fourth-order valence-corrected chi connectivity index (χ4v) is 1.71. The maximum atomic E-state index is 11.4. The van der Waals surface area contributed by atoms with Crippen LogP contribution in [0, 0.1) is 11.8 Å². The van der Waals surface area contributed by atoms with Crippen molar-refractivity contribution in [3.8, 4) is 0 Å². The first-order chi connectivity index (χ1) is 8.06. The van der Waals surface area contributed by atoms with Crippen LogP contribution in [0.2, 0.25) is 0 Å². The zero-order valence-corrected chi connectivity index (χ0v) is 11.4. The van der Waals surface area contributed by atoms with Crippen LogP contribution in [-0.2, 0) is 14.3 Å². The molecule has 1 aliphatic rings. The molecule has 0 heterocycles. The van der Waals surface area contributed by atoms with E-state index in [-0.39, 0.29) is 17.9 Å². The highest BCUT2D eigenvalue weighted by Gasteiger charge is 2.24. The molecule has 0 radical (unpaired) electrons. The van der Waals surface area contributed by atoms with E-state index in [1.165, 1.54) is 20.0 Å². The van der Waals surface area contributed by atoms with E-state index in [4.69, 9.17) is 9.47 Å². The number of rotatable bonds is 8. The lowest BCUT2D eigenvalue weighted by Crippen LogP contribution is -2.40. The summed E-state index contributed by atoms with van der Waals surface area (Å²) in [6.45, 7) is 6.44. The predicted molar refractivity (Wildman–Crippen MR) is 66.8 cm³/mol. The minimum Gasteiger partial charge on any atom is -0.469 e. The van der Waals surface area contributed by atoms with Gasteiger partial charge in [0.2, 0.25) is 0 Å². The van der Waals surface area contributed by atoms with Gasteiger partial charge in [-0.3, -0.25) is 4.79 Å². The van der Waals surface area contributed by atoms with Gasteiger partial charge in [-0.05, 0) is 32.7 Å². The van der Waals surface area contributed by atoms with Gasteiger partial charge in [0.05, 0.1) is 19.6 Å². The van der Waals surface area contributed by atoms with Crippen LogP contribution < -0.4 is 0 Å². The molecule has 2 atom stereocenters. The number of nitrogens with zero attached hydrogens (tertiary/aromatic N) is 1. The Hall–Kier alpha value is -0.610. The van der Waals surface area contributed by atoms with Crippen molar-refractivity contribution in [3.05, 3.63) is 0 Å². The van der Waals surface area contributed by atoms with Gasteiger partial charge < -0.3 is 14.4 Å². The second kappa shape index (κ2) is 6.97. The van der Waals surface area contributed by atoms with E-state index in [9.17, 15) is 4.79 Å². The first-order valence-corrected chi connectivity index (χ1v) is 6.42. The SMILES string of the molecule is COC(=O)C(C)C(C)N(C)CCOCC1CC1. The second-order valence-electron chi connectivity index (χ2n) is 5.05. The molecule has 0 aromatic heterocycles. The number of hydrogen-bond acceptors (Lipinski definition) is 4. The lowest BCUT2D eigenvalue weighted by Gasteiger charge is -2.28. The summed E-state index contributed by atoms with van der Waals surface area (Å²) in [5, 5.41) is 0. The number of esters is 1. The number of carbonyl (C=O) groups is 1. The number of carbonyl (C=O) groups excluding carboxylic acids is 1. The van der Waals surface area contributed by atoms with Gasteiger partial charge in [0.1, 0.15) is 0 Å². The van der Waals surface area contributed by atoms with Gasteiger partial charge >= 0.3 is 5.97 Å². The highest BCUT2D eigenvalue weighted by Crippen LogP contribution is 2.28. The zero-order valence-electron chi connectivity index (χ0n) is 11.4. The normalized spacial score (nSPS) is 19.1. The summed E-state index contributed by atoms with van der Waals surface area (Å²) in [4.78, 5) is 13.6. The third-order valence-corrected chi connectivity index (χ3v) is 3.63. The van der Waals surface area contributed by atoms with Crippen molar-refractivity contribution in [2.75, 3.05) is 33.9 Å². The van der Waals surface area contributed by atoms with Gasteiger partial charge in [-0.1, -0.05) is 6.92 Å². The monoisotopic (exact) mass is 243 g/mol. The van der Waals surface area contributed by atoms with Gasteiger partial charge in [-0.25, -0.2) is 0 Å². The molecule has 1 fully saturated rings. The van der Waals surface area contributed by atoms with Crippen LogP contribution in [0.25, 0.3) is 0 Å². The van der Waals surface area contributed by atoms with Crippen molar-refractivity contribution >= 4 is 5.97 Å². The third-order valence-electron chi connectivity index (χ3n) is 3.63. The van der Waals surface area contributed by atoms with E-state index < -0.39 is 0 Å². The van der Waals surface area contributed by atoms with Crippen molar-refractivity contribution in [2.24, 2.45) is 11.8 Å². The van der Waals surface area contributed by atoms with Gasteiger partial charge in [0.15, 0.2) is 0 Å².